The Labute approximate surface area is 207 Å². The number of aryl methyl sites for hydroxylation is 1. The highest BCUT2D eigenvalue weighted by molar-refractivity contribution is 6.30. The number of ether oxygens (including phenoxy) is 1. The second-order valence-electron chi connectivity index (χ2n) is 8.87. The molecule has 2 aromatic heterocycles. The van der Waals surface area contributed by atoms with Gasteiger partial charge in [0.2, 0.25) is 5.95 Å². The van der Waals surface area contributed by atoms with Crippen molar-refractivity contribution < 1.29 is 13.9 Å². The van der Waals surface area contributed by atoms with Crippen molar-refractivity contribution in [3.8, 4) is 0 Å². The van der Waals surface area contributed by atoms with Crippen LogP contribution in [0.15, 0.2) is 36.8 Å². The van der Waals surface area contributed by atoms with Gasteiger partial charge in [0.05, 0.1) is 29.5 Å². The largest absolute Gasteiger partial charge is 0.381 e. The first-order valence-corrected chi connectivity index (χ1v) is 12.0. The molecule has 2 N–H and O–H groups in total. The van der Waals surface area contributed by atoms with Crippen molar-refractivity contribution in [2.45, 2.75) is 37.9 Å². The molecule has 1 fully saturated rings. The SMILES string of the molecule is Cn1cc(C(NC(=O)N2CCc3cnc(NC4CCOCC4)nc3C2)c2ccc(F)c(Cl)c2)cn1. The summed E-state index contributed by atoms with van der Waals surface area (Å²) in [6.07, 6.45) is 7.83. The summed E-state index contributed by atoms with van der Waals surface area (Å²) in [5, 5.41) is 10.7. The van der Waals surface area contributed by atoms with Crippen LogP contribution in [0.4, 0.5) is 15.1 Å². The third-order valence-electron chi connectivity index (χ3n) is 6.39. The third kappa shape index (κ3) is 5.38. The van der Waals surface area contributed by atoms with Gasteiger partial charge >= 0.3 is 6.03 Å². The van der Waals surface area contributed by atoms with Crippen LogP contribution in [0.3, 0.4) is 0 Å². The van der Waals surface area contributed by atoms with Gasteiger partial charge in [0, 0.05) is 50.8 Å². The Kier molecular flexibility index (Phi) is 6.83. The van der Waals surface area contributed by atoms with Gasteiger partial charge in [0.1, 0.15) is 5.82 Å². The summed E-state index contributed by atoms with van der Waals surface area (Å²) in [7, 11) is 1.80. The van der Waals surface area contributed by atoms with Crippen molar-refractivity contribution in [3.05, 3.63) is 70.0 Å². The molecular formula is C24H27ClFN7O2. The number of nitrogens with zero attached hydrogens (tertiary/aromatic N) is 5. The molecule has 1 saturated heterocycles. The van der Waals surface area contributed by atoms with Crippen LogP contribution in [0.2, 0.25) is 5.02 Å². The zero-order valence-electron chi connectivity index (χ0n) is 19.4. The molecule has 1 unspecified atom stereocenters. The number of hydrogen-bond acceptors (Lipinski definition) is 6. The van der Waals surface area contributed by atoms with E-state index in [2.05, 4.69) is 20.7 Å². The monoisotopic (exact) mass is 499 g/mol. The predicted molar refractivity (Wildman–Crippen MR) is 129 cm³/mol. The van der Waals surface area contributed by atoms with Gasteiger partial charge in [-0.15, -0.1) is 0 Å². The molecule has 11 heteroatoms. The number of nitrogens with one attached hydrogen (secondary N) is 2. The van der Waals surface area contributed by atoms with E-state index in [1.165, 1.54) is 12.1 Å². The zero-order valence-corrected chi connectivity index (χ0v) is 20.1. The normalized spacial score (nSPS) is 17.1. The summed E-state index contributed by atoms with van der Waals surface area (Å²) in [4.78, 5) is 24.2. The number of aromatic nitrogens is 4. The molecule has 2 amide bonds. The van der Waals surface area contributed by atoms with Gasteiger partial charge in [-0.3, -0.25) is 4.68 Å². The quantitative estimate of drug-likeness (QED) is 0.558. The molecule has 2 aliphatic heterocycles. The first kappa shape index (κ1) is 23.5. The van der Waals surface area contributed by atoms with Gasteiger partial charge in [-0.25, -0.2) is 19.2 Å². The standard InChI is InChI=1S/C24H27ClFN7O2/c1-32-13-17(12-28-32)22(15-2-3-20(26)19(25)10-15)31-24(34)33-7-4-16-11-27-23(30-21(16)14-33)29-18-5-8-35-9-6-18/h2-3,10-13,18,22H,4-9,14H2,1H3,(H,31,34)(H,27,29,30). The Balaban J connectivity index is 1.32. The number of rotatable bonds is 5. The molecule has 3 aromatic rings. The highest BCUT2D eigenvalue weighted by Crippen LogP contribution is 2.27. The summed E-state index contributed by atoms with van der Waals surface area (Å²) in [6.45, 7) is 2.37. The maximum Gasteiger partial charge on any atom is 0.318 e. The molecule has 1 atom stereocenters. The number of fused-ring (bicyclic) bond motifs is 1. The van der Waals surface area contributed by atoms with Crippen molar-refractivity contribution >= 4 is 23.6 Å². The molecular weight excluding hydrogens is 473 g/mol. The molecule has 5 rings (SSSR count). The van der Waals surface area contributed by atoms with Crippen LogP contribution in [0.1, 0.15) is 41.3 Å². The van der Waals surface area contributed by atoms with E-state index in [1.54, 1.807) is 28.9 Å². The number of amides is 2. The first-order valence-electron chi connectivity index (χ1n) is 11.6. The van der Waals surface area contributed by atoms with E-state index in [-0.39, 0.29) is 17.1 Å². The van der Waals surface area contributed by atoms with E-state index in [9.17, 15) is 9.18 Å². The lowest BCUT2D eigenvalue weighted by Crippen LogP contribution is -2.44. The van der Waals surface area contributed by atoms with Crippen molar-refractivity contribution in [2.75, 3.05) is 25.1 Å². The van der Waals surface area contributed by atoms with Gasteiger partial charge in [-0.2, -0.15) is 5.10 Å². The van der Waals surface area contributed by atoms with E-state index in [4.69, 9.17) is 21.3 Å². The Hall–Kier alpha value is -3.24. The number of benzene rings is 1. The van der Waals surface area contributed by atoms with Gasteiger partial charge in [0.15, 0.2) is 0 Å². The minimum Gasteiger partial charge on any atom is -0.381 e. The van der Waals surface area contributed by atoms with Crippen molar-refractivity contribution in [2.24, 2.45) is 7.05 Å². The van der Waals surface area contributed by atoms with Crippen molar-refractivity contribution in [1.82, 2.24) is 30.0 Å². The topological polar surface area (TPSA) is 97.2 Å². The zero-order chi connectivity index (χ0) is 24.4. The summed E-state index contributed by atoms with van der Waals surface area (Å²) in [5.41, 5.74) is 3.31. The molecule has 0 bridgehead atoms. The van der Waals surface area contributed by atoms with Gasteiger partial charge in [-0.05, 0) is 42.5 Å². The summed E-state index contributed by atoms with van der Waals surface area (Å²) < 4.78 is 20.8. The molecule has 35 heavy (non-hydrogen) atoms. The van der Waals surface area contributed by atoms with Gasteiger partial charge in [0.25, 0.3) is 0 Å². The minimum atomic E-state index is -0.535. The maximum absolute atomic E-state index is 13.8. The van der Waals surface area contributed by atoms with Gasteiger partial charge < -0.3 is 20.3 Å². The second-order valence-corrected chi connectivity index (χ2v) is 9.28. The summed E-state index contributed by atoms with van der Waals surface area (Å²) in [6, 6.07) is 3.95. The lowest BCUT2D eigenvalue weighted by atomic mass is 10.0. The number of anilines is 1. The lowest BCUT2D eigenvalue weighted by molar-refractivity contribution is 0.0903. The molecule has 9 nitrogen and oxygen atoms in total. The van der Waals surface area contributed by atoms with Crippen LogP contribution in [0.5, 0.6) is 0 Å². The Morgan fingerprint density at radius 2 is 2.09 bits per heavy atom. The molecule has 0 saturated carbocycles. The van der Waals surface area contributed by atoms with E-state index in [1.807, 2.05) is 12.4 Å². The average molecular weight is 500 g/mol. The predicted octanol–water partition coefficient (Wildman–Crippen LogP) is 3.45. The van der Waals surface area contributed by atoms with E-state index >= 15 is 0 Å². The van der Waals surface area contributed by atoms with E-state index in [0.717, 1.165) is 42.9 Å². The molecule has 1 aromatic carbocycles. The highest BCUT2D eigenvalue weighted by atomic mass is 35.5. The van der Waals surface area contributed by atoms with Crippen LogP contribution < -0.4 is 10.6 Å². The third-order valence-corrected chi connectivity index (χ3v) is 6.68. The lowest BCUT2D eigenvalue weighted by Gasteiger charge is -2.30. The molecule has 2 aliphatic rings. The van der Waals surface area contributed by atoms with Gasteiger partial charge in [-0.1, -0.05) is 17.7 Å². The fourth-order valence-corrected chi connectivity index (χ4v) is 4.61. The van der Waals surface area contributed by atoms with Crippen LogP contribution in [0, 0.1) is 5.82 Å². The maximum atomic E-state index is 13.8. The molecule has 0 radical (unpaired) electrons. The molecule has 4 heterocycles. The second kappa shape index (κ2) is 10.2. The van der Waals surface area contributed by atoms with Crippen LogP contribution >= 0.6 is 11.6 Å². The summed E-state index contributed by atoms with van der Waals surface area (Å²) >= 11 is 6.03. The highest BCUT2D eigenvalue weighted by Gasteiger charge is 2.27. The fourth-order valence-electron chi connectivity index (χ4n) is 4.43. The Morgan fingerprint density at radius 1 is 1.26 bits per heavy atom. The number of hydrogen-bond donors (Lipinski definition) is 2. The Bertz CT molecular complexity index is 1210. The van der Waals surface area contributed by atoms with E-state index < -0.39 is 11.9 Å². The smallest absolute Gasteiger partial charge is 0.318 e. The summed E-state index contributed by atoms with van der Waals surface area (Å²) in [5.74, 6) is 0.0660. The van der Waals surface area contributed by atoms with Crippen LogP contribution in [0.25, 0.3) is 0 Å². The van der Waals surface area contributed by atoms with Crippen LogP contribution in [-0.2, 0) is 24.8 Å². The minimum absolute atomic E-state index is 0.00111. The van der Waals surface area contributed by atoms with Crippen molar-refractivity contribution in [3.63, 3.8) is 0 Å². The average Bonchev–Trinajstić information content (AvgIpc) is 3.30. The Morgan fingerprint density at radius 3 is 2.83 bits per heavy atom. The number of carbonyl (C=O) groups excluding carboxylic acids is 1. The van der Waals surface area contributed by atoms with Crippen LogP contribution in [-0.4, -0.2) is 56.5 Å². The fraction of sp³-hybridized carbons (Fsp3) is 0.417. The molecule has 0 spiro atoms. The van der Waals surface area contributed by atoms with Crippen molar-refractivity contribution in [1.29, 1.82) is 0 Å². The first-order chi connectivity index (χ1) is 17.0. The molecule has 184 valence electrons. The number of carbonyl (C=O) groups is 1. The number of urea groups is 1. The van der Waals surface area contributed by atoms with E-state index in [0.29, 0.717) is 31.0 Å². The number of halogens is 2. The molecule has 0 aliphatic carbocycles.